The van der Waals surface area contributed by atoms with Crippen LogP contribution in [-0.2, 0) is 16.0 Å². The molecule has 0 radical (unpaired) electrons. The normalized spacial score (nSPS) is 20.3. The van der Waals surface area contributed by atoms with Gasteiger partial charge in [0, 0.05) is 13.2 Å². The van der Waals surface area contributed by atoms with E-state index in [9.17, 15) is 9.18 Å². The highest BCUT2D eigenvalue weighted by atomic mass is 19.1. The molecule has 0 spiro atoms. The molecule has 6 heteroatoms. The highest BCUT2D eigenvalue weighted by Gasteiger charge is 2.27. The number of urea groups is 1. The maximum atomic E-state index is 13.1. The Morgan fingerprint density at radius 1 is 1.46 bits per heavy atom. The molecule has 1 aliphatic rings. The lowest BCUT2D eigenvalue weighted by atomic mass is 10.1. The lowest BCUT2D eigenvalue weighted by Gasteiger charge is -2.31. The SMILES string of the molecule is CC(C)=CCOC1COCCC1NC(=O)NCc1cccc(F)c1. The maximum Gasteiger partial charge on any atom is 0.315 e. The second-order valence-electron chi connectivity index (χ2n) is 6.08. The minimum absolute atomic E-state index is 0.100. The van der Waals surface area contributed by atoms with Gasteiger partial charge in [0.2, 0.25) is 0 Å². The fourth-order valence-electron chi connectivity index (χ4n) is 2.43. The van der Waals surface area contributed by atoms with E-state index in [1.54, 1.807) is 12.1 Å². The van der Waals surface area contributed by atoms with Crippen LogP contribution >= 0.6 is 0 Å². The molecule has 1 aromatic rings. The monoisotopic (exact) mass is 336 g/mol. The number of nitrogens with one attached hydrogen (secondary N) is 2. The summed E-state index contributed by atoms with van der Waals surface area (Å²) >= 11 is 0. The second-order valence-corrected chi connectivity index (χ2v) is 6.08. The van der Waals surface area contributed by atoms with Gasteiger partial charge in [0.25, 0.3) is 0 Å². The van der Waals surface area contributed by atoms with Crippen LogP contribution in [0, 0.1) is 5.82 Å². The third-order valence-corrected chi connectivity index (χ3v) is 3.76. The van der Waals surface area contributed by atoms with E-state index >= 15 is 0 Å². The van der Waals surface area contributed by atoms with Crippen molar-refractivity contribution in [2.75, 3.05) is 19.8 Å². The van der Waals surface area contributed by atoms with E-state index in [1.165, 1.54) is 17.7 Å². The van der Waals surface area contributed by atoms with Crippen molar-refractivity contribution in [2.24, 2.45) is 0 Å². The van der Waals surface area contributed by atoms with Crippen molar-refractivity contribution >= 4 is 6.03 Å². The van der Waals surface area contributed by atoms with Gasteiger partial charge in [0.1, 0.15) is 11.9 Å². The Balaban J connectivity index is 1.80. The molecule has 1 saturated heterocycles. The summed E-state index contributed by atoms with van der Waals surface area (Å²) in [5.41, 5.74) is 1.90. The van der Waals surface area contributed by atoms with Crippen molar-refractivity contribution in [1.82, 2.24) is 10.6 Å². The molecule has 1 heterocycles. The van der Waals surface area contributed by atoms with Crippen LogP contribution in [0.15, 0.2) is 35.9 Å². The number of rotatable bonds is 6. The van der Waals surface area contributed by atoms with Crippen LogP contribution in [0.3, 0.4) is 0 Å². The zero-order chi connectivity index (χ0) is 17.4. The Hall–Kier alpha value is -1.92. The quantitative estimate of drug-likeness (QED) is 0.786. The molecule has 5 nitrogen and oxygen atoms in total. The zero-order valence-corrected chi connectivity index (χ0v) is 14.2. The van der Waals surface area contributed by atoms with Crippen molar-refractivity contribution in [2.45, 2.75) is 39.0 Å². The largest absolute Gasteiger partial charge is 0.379 e. The van der Waals surface area contributed by atoms with Crippen molar-refractivity contribution in [3.05, 3.63) is 47.3 Å². The van der Waals surface area contributed by atoms with Gasteiger partial charge in [-0.2, -0.15) is 0 Å². The number of carbonyl (C=O) groups is 1. The number of benzene rings is 1. The molecule has 2 rings (SSSR count). The average Bonchev–Trinajstić information content (AvgIpc) is 2.54. The molecule has 2 amide bonds. The summed E-state index contributed by atoms with van der Waals surface area (Å²) in [6.07, 6.45) is 2.53. The number of ether oxygens (including phenoxy) is 2. The first-order chi connectivity index (χ1) is 11.5. The van der Waals surface area contributed by atoms with Gasteiger partial charge in [-0.25, -0.2) is 9.18 Å². The zero-order valence-electron chi connectivity index (χ0n) is 14.2. The van der Waals surface area contributed by atoms with E-state index in [-0.39, 0.29) is 30.5 Å². The van der Waals surface area contributed by atoms with Gasteiger partial charge in [-0.1, -0.05) is 23.8 Å². The first kappa shape index (κ1) is 18.4. The van der Waals surface area contributed by atoms with E-state index in [0.29, 0.717) is 31.8 Å². The van der Waals surface area contributed by atoms with Gasteiger partial charge in [-0.05, 0) is 38.0 Å². The summed E-state index contributed by atoms with van der Waals surface area (Å²) in [5, 5.41) is 5.67. The highest BCUT2D eigenvalue weighted by molar-refractivity contribution is 5.74. The third kappa shape index (κ3) is 6.29. The predicted molar refractivity (Wildman–Crippen MR) is 90.2 cm³/mol. The highest BCUT2D eigenvalue weighted by Crippen LogP contribution is 2.12. The molecule has 0 bridgehead atoms. The molecule has 0 aromatic heterocycles. The first-order valence-electron chi connectivity index (χ1n) is 8.16. The maximum absolute atomic E-state index is 13.1. The number of allylic oxidation sites excluding steroid dienone is 1. The van der Waals surface area contributed by atoms with Gasteiger partial charge < -0.3 is 20.1 Å². The molecule has 1 aliphatic heterocycles. The van der Waals surface area contributed by atoms with E-state index in [4.69, 9.17) is 9.47 Å². The summed E-state index contributed by atoms with van der Waals surface area (Å²) in [4.78, 5) is 12.1. The van der Waals surface area contributed by atoms with Crippen molar-refractivity contribution < 1.29 is 18.7 Å². The standard InChI is InChI=1S/C18H25FN2O3/c1-13(2)6-9-24-17-12-23-8-7-16(17)21-18(22)20-11-14-4-3-5-15(19)10-14/h3-6,10,16-17H,7-9,11-12H2,1-2H3,(H2,20,21,22). The fourth-order valence-corrected chi connectivity index (χ4v) is 2.43. The Labute approximate surface area is 142 Å². The number of carbonyl (C=O) groups excluding carboxylic acids is 1. The van der Waals surface area contributed by atoms with Crippen molar-refractivity contribution in [3.63, 3.8) is 0 Å². The smallest absolute Gasteiger partial charge is 0.315 e. The summed E-state index contributed by atoms with van der Waals surface area (Å²) in [6.45, 7) is 5.85. The minimum atomic E-state index is -0.313. The van der Waals surface area contributed by atoms with Crippen LogP contribution in [0.4, 0.5) is 9.18 Å². The van der Waals surface area contributed by atoms with E-state index in [1.807, 2.05) is 19.9 Å². The van der Waals surface area contributed by atoms with Crippen LogP contribution in [0.5, 0.6) is 0 Å². The summed E-state index contributed by atoms with van der Waals surface area (Å²) in [5.74, 6) is -0.313. The predicted octanol–water partition coefficient (Wildman–Crippen LogP) is 2.77. The van der Waals surface area contributed by atoms with Crippen molar-refractivity contribution in [3.8, 4) is 0 Å². The Bertz CT molecular complexity index is 573. The van der Waals surface area contributed by atoms with Crippen LogP contribution in [0.2, 0.25) is 0 Å². The van der Waals surface area contributed by atoms with Gasteiger partial charge >= 0.3 is 6.03 Å². The fraction of sp³-hybridized carbons (Fsp3) is 0.500. The molecule has 0 saturated carbocycles. The van der Waals surface area contributed by atoms with Crippen LogP contribution in [-0.4, -0.2) is 38.0 Å². The summed E-state index contributed by atoms with van der Waals surface area (Å²) in [7, 11) is 0. The Morgan fingerprint density at radius 2 is 2.29 bits per heavy atom. The molecular weight excluding hydrogens is 311 g/mol. The Morgan fingerprint density at radius 3 is 3.04 bits per heavy atom. The second kappa shape index (κ2) is 9.39. The number of hydrogen-bond acceptors (Lipinski definition) is 3. The average molecular weight is 336 g/mol. The van der Waals surface area contributed by atoms with Crippen molar-refractivity contribution in [1.29, 1.82) is 0 Å². The number of hydrogen-bond donors (Lipinski definition) is 2. The van der Waals surface area contributed by atoms with E-state index in [2.05, 4.69) is 10.6 Å². The topological polar surface area (TPSA) is 59.6 Å². The third-order valence-electron chi connectivity index (χ3n) is 3.76. The van der Waals surface area contributed by atoms with E-state index < -0.39 is 0 Å². The molecule has 2 atom stereocenters. The first-order valence-corrected chi connectivity index (χ1v) is 8.16. The molecule has 24 heavy (non-hydrogen) atoms. The number of halogens is 1. The minimum Gasteiger partial charge on any atom is -0.379 e. The lowest BCUT2D eigenvalue weighted by Crippen LogP contribution is -2.52. The van der Waals surface area contributed by atoms with Gasteiger partial charge in [0.15, 0.2) is 0 Å². The Kier molecular flexibility index (Phi) is 7.21. The molecular formula is C18H25FN2O3. The summed E-state index contributed by atoms with van der Waals surface area (Å²) < 4.78 is 24.4. The number of amides is 2. The molecule has 1 fully saturated rings. The van der Waals surface area contributed by atoms with Crippen LogP contribution < -0.4 is 10.6 Å². The van der Waals surface area contributed by atoms with Gasteiger partial charge in [0.05, 0.1) is 19.3 Å². The molecule has 2 N–H and O–H groups in total. The lowest BCUT2D eigenvalue weighted by molar-refractivity contribution is -0.0581. The van der Waals surface area contributed by atoms with Gasteiger partial charge in [-0.15, -0.1) is 0 Å². The molecule has 2 unspecified atom stereocenters. The molecule has 132 valence electrons. The summed E-state index contributed by atoms with van der Waals surface area (Å²) in [6, 6.07) is 5.78. The molecule has 1 aromatic carbocycles. The van der Waals surface area contributed by atoms with Crippen LogP contribution in [0.25, 0.3) is 0 Å². The molecule has 0 aliphatic carbocycles. The van der Waals surface area contributed by atoms with Gasteiger partial charge in [-0.3, -0.25) is 0 Å². The van der Waals surface area contributed by atoms with Crippen LogP contribution in [0.1, 0.15) is 25.8 Å². The van der Waals surface area contributed by atoms with E-state index in [0.717, 1.165) is 0 Å².